The number of nitrogens with one attached hydrogen (secondary N) is 1. The summed E-state index contributed by atoms with van der Waals surface area (Å²) < 4.78 is 5.67. The number of aryl methyl sites for hydroxylation is 2. The van der Waals surface area contributed by atoms with Gasteiger partial charge in [-0.1, -0.05) is 17.7 Å². The normalized spacial score (nSPS) is 15.1. The molecular formula is C17H15ClN4O2. The van der Waals surface area contributed by atoms with Crippen LogP contribution < -0.4 is 5.32 Å². The molecule has 3 heterocycles. The Labute approximate surface area is 143 Å². The van der Waals surface area contributed by atoms with Crippen LogP contribution in [0.4, 0.5) is 11.6 Å². The highest BCUT2D eigenvalue weighted by Crippen LogP contribution is 2.35. The molecule has 0 spiro atoms. The Bertz CT molecular complexity index is 914. The maximum atomic E-state index is 12.9. The molecule has 2 aromatic rings. The Morgan fingerprint density at radius 1 is 1.38 bits per heavy atom. The van der Waals surface area contributed by atoms with E-state index in [-0.39, 0.29) is 5.91 Å². The summed E-state index contributed by atoms with van der Waals surface area (Å²) in [6.07, 6.45) is 1.69. The van der Waals surface area contributed by atoms with Crippen molar-refractivity contribution < 1.29 is 9.21 Å². The van der Waals surface area contributed by atoms with Crippen molar-refractivity contribution in [2.24, 2.45) is 9.98 Å². The minimum Gasteiger partial charge on any atom is -0.442 e. The number of furan rings is 1. The standard InChI is InChI=1S/C17H15ClN4O2/c1-9-3-4-11(18)7-12(9)21-16(23)13-10(2)24-17-14(13)15-19-5-6-22(15)8-20-17/h3-4,7-8H,5-6H2,1-2H3,(H,21,23). The number of anilines is 1. The maximum absolute atomic E-state index is 12.9. The second kappa shape index (κ2) is 5.49. The van der Waals surface area contributed by atoms with E-state index in [4.69, 9.17) is 16.0 Å². The molecule has 4 rings (SSSR count). The minimum absolute atomic E-state index is 0.255. The van der Waals surface area contributed by atoms with Gasteiger partial charge in [-0.15, -0.1) is 0 Å². The Morgan fingerprint density at radius 2 is 2.21 bits per heavy atom. The van der Waals surface area contributed by atoms with Crippen molar-refractivity contribution in [2.75, 3.05) is 18.4 Å². The molecule has 0 fully saturated rings. The largest absolute Gasteiger partial charge is 0.442 e. The average Bonchev–Trinajstić information content (AvgIpc) is 3.13. The summed E-state index contributed by atoms with van der Waals surface area (Å²) in [6.45, 7) is 5.11. The number of benzene rings is 1. The molecule has 6 nitrogen and oxygen atoms in total. The summed E-state index contributed by atoms with van der Waals surface area (Å²) in [5, 5.41) is 3.48. The van der Waals surface area contributed by atoms with Gasteiger partial charge in [0.05, 0.1) is 17.7 Å². The highest BCUT2D eigenvalue weighted by Gasteiger charge is 2.33. The number of carbonyl (C=O) groups is 1. The Balaban J connectivity index is 1.75. The number of hydrogen-bond donors (Lipinski definition) is 1. The molecule has 1 amide bonds. The summed E-state index contributed by atoms with van der Waals surface area (Å²) in [5.74, 6) is 1.43. The van der Waals surface area contributed by atoms with Crippen LogP contribution in [0, 0.1) is 13.8 Å². The van der Waals surface area contributed by atoms with Gasteiger partial charge in [0, 0.05) is 17.3 Å². The van der Waals surface area contributed by atoms with Crippen LogP contribution in [0.1, 0.15) is 27.2 Å². The van der Waals surface area contributed by atoms with Gasteiger partial charge < -0.3 is 14.6 Å². The van der Waals surface area contributed by atoms with Gasteiger partial charge >= 0.3 is 0 Å². The first-order valence-electron chi connectivity index (χ1n) is 7.61. The quantitative estimate of drug-likeness (QED) is 0.907. The van der Waals surface area contributed by atoms with Crippen molar-refractivity contribution in [1.82, 2.24) is 4.90 Å². The first kappa shape index (κ1) is 15.0. The first-order valence-corrected chi connectivity index (χ1v) is 7.99. The van der Waals surface area contributed by atoms with Crippen molar-refractivity contribution in [2.45, 2.75) is 13.8 Å². The molecule has 0 saturated heterocycles. The zero-order valence-electron chi connectivity index (χ0n) is 13.3. The second-order valence-electron chi connectivity index (χ2n) is 5.77. The molecule has 1 N–H and O–H groups in total. The smallest absolute Gasteiger partial charge is 0.260 e. The lowest BCUT2D eigenvalue weighted by Gasteiger charge is -2.18. The molecule has 2 aliphatic rings. The van der Waals surface area contributed by atoms with E-state index >= 15 is 0 Å². The molecule has 0 aliphatic carbocycles. The number of carbonyl (C=O) groups excluding carboxylic acids is 1. The zero-order valence-corrected chi connectivity index (χ0v) is 14.0. The third kappa shape index (κ3) is 2.30. The van der Waals surface area contributed by atoms with E-state index in [1.165, 1.54) is 0 Å². The minimum atomic E-state index is -0.255. The van der Waals surface area contributed by atoms with Gasteiger partial charge in [0.15, 0.2) is 0 Å². The van der Waals surface area contributed by atoms with Gasteiger partial charge in [-0.25, -0.2) is 4.99 Å². The Hall–Kier alpha value is -2.60. The van der Waals surface area contributed by atoms with E-state index in [2.05, 4.69) is 15.3 Å². The second-order valence-corrected chi connectivity index (χ2v) is 6.21. The lowest BCUT2D eigenvalue weighted by Crippen LogP contribution is -2.30. The number of aliphatic imine (C=N–C) groups is 2. The van der Waals surface area contributed by atoms with Gasteiger partial charge in [-0.05, 0) is 31.5 Å². The van der Waals surface area contributed by atoms with Crippen LogP contribution in [0.3, 0.4) is 0 Å². The van der Waals surface area contributed by atoms with Gasteiger partial charge in [0.1, 0.15) is 17.9 Å². The topological polar surface area (TPSA) is 70.2 Å². The highest BCUT2D eigenvalue weighted by atomic mass is 35.5. The third-order valence-corrected chi connectivity index (χ3v) is 4.39. The van der Waals surface area contributed by atoms with E-state index < -0.39 is 0 Å². The van der Waals surface area contributed by atoms with Crippen LogP contribution >= 0.6 is 11.6 Å². The number of nitrogens with zero attached hydrogens (tertiary/aromatic N) is 3. The molecule has 0 bridgehead atoms. The molecule has 0 atom stereocenters. The summed E-state index contributed by atoms with van der Waals surface area (Å²) in [7, 11) is 0. The van der Waals surface area contributed by atoms with E-state index in [9.17, 15) is 4.79 Å². The van der Waals surface area contributed by atoms with Crippen molar-refractivity contribution >= 4 is 41.3 Å². The zero-order chi connectivity index (χ0) is 16.8. The molecule has 2 aliphatic heterocycles. The third-order valence-electron chi connectivity index (χ3n) is 4.15. The molecule has 1 aromatic carbocycles. The molecule has 0 unspecified atom stereocenters. The number of rotatable bonds is 2. The summed E-state index contributed by atoms with van der Waals surface area (Å²) >= 11 is 6.03. The fourth-order valence-corrected chi connectivity index (χ4v) is 3.11. The summed E-state index contributed by atoms with van der Waals surface area (Å²) in [6, 6.07) is 5.38. The lowest BCUT2D eigenvalue weighted by atomic mass is 10.1. The lowest BCUT2D eigenvalue weighted by molar-refractivity contribution is 0.102. The van der Waals surface area contributed by atoms with Crippen LogP contribution in [0.5, 0.6) is 0 Å². The van der Waals surface area contributed by atoms with Crippen molar-refractivity contribution in [3.8, 4) is 0 Å². The van der Waals surface area contributed by atoms with Crippen LogP contribution in [-0.2, 0) is 0 Å². The van der Waals surface area contributed by atoms with E-state index in [0.717, 1.165) is 17.9 Å². The fourth-order valence-electron chi connectivity index (χ4n) is 2.93. The van der Waals surface area contributed by atoms with E-state index in [1.807, 2.05) is 17.9 Å². The number of amidine groups is 1. The Kier molecular flexibility index (Phi) is 3.42. The maximum Gasteiger partial charge on any atom is 0.260 e. The molecule has 0 saturated carbocycles. The van der Waals surface area contributed by atoms with Gasteiger partial charge in [0.2, 0.25) is 5.88 Å². The molecule has 24 heavy (non-hydrogen) atoms. The highest BCUT2D eigenvalue weighted by molar-refractivity contribution is 6.31. The molecule has 122 valence electrons. The molecule has 0 radical (unpaired) electrons. The number of halogens is 1. The van der Waals surface area contributed by atoms with Gasteiger partial charge in [0.25, 0.3) is 5.91 Å². The van der Waals surface area contributed by atoms with E-state index in [0.29, 0.717) is 40.0 Å². The SMILES string of the molecule is Cc1ccc(Cl)cc1NC(=O)c1c(C)oc2c1C1=NCCN1C=N2. The van der Waals surface area contributed by atoms with Crippen molar-refractivity contribution in [3.63, 3.8) is 0 Å². The average molecular weight is 343 g/mol. The fraction of sp³-hybridized carbons (Fsp3) is 0.235. The molecular weight excluding hydrogens is 328 g/mol. The summed E-state index contributed by atoms with van der Waals surface area (Å²) in [4.78, 5) is 23.6. The predicted molar refractivity (Wildman–Crippen MR) is 93.8 cm³/mol. The monoisotopic (exact) mass is 342 g/mol. The van der Waals surface area contributed by atoms with Crippen molar-refractivity contribution in [3.05, 3.63) is 45.7 Å². The Morgan fingerprint density at radius 3 is 3.04 bits per heavy atom. The van der Waals surface area contributed by atoms with Crippen LogP contribution in [-0.4, -0.2) is 36.1 Å². The van der Waals surface area contributed by atoms with Gasteiger partial charge in [-0.2, -0.15) is 0 Å². The molecule has 7 heteroatoms. The van der Waals surface area contributed by atoms with Crippen LogP contribution in [0.15, 0.2) is 32.6 Å². The number of fused-ring (bicyclic) bond motifs is 3. The number of hydrogen-bond acceptors (Lipinski definition) is 5. The van der Waals surface area contributed by atoms with Crippen molar-refractivity contribution in [1.29, 1.82) is 0 Å². The molecule has 1 aromatic heterocycles. The first-order chi connectivity index (χ1) is 11.5. The summed E-state index contributed by atoms with van der Waals surface area (Å²) in [5.41, 5.74) is 2.73. The van der Waals surface area contributed by atoms with E-state index in [1.54, 1.807) is 25.4 Å². The van der Waals surface area contributed by atoms with Crippen LogP contribution in [0.25, 0.3) is 0 Å². The predicted octanol–water partition coefficient (Wildman–Crippen LogP) is 3.54. The van der Waals surface area contributed by atoms with Gasteiger partial charge in [-0.3, -0.25) is 9.79 Å². The van der Waals surface area contributed by atoms with Crippen LogP contribution in [0.2, 0.25) is 5.02 Å². The number of amides is 1.